The third kappa shape index (κ3) is 7.21. The molecule has 0 aliphatic heterocycles. The Morgan fingerprint density at radius 2 is 1.77 bits per heavy atom. The van der Waals surface area contributed by atoms with Gasteiger partial charge in [0, 0.05) is 6.54 Å². The molecule has 1 heteroatoms. The zero-order valence-electron chi connectivity index (χ0n) is 28.0. The molecule has 0 N–H and O–H groups in total. The van der Waals surface area contributed by atoms with Gasteiger partial charge in [0.1, 0.15) is 0 Å². The van der Waals surface area contributed by atoms with E-state index in [-0.39, 0.29) is 0 Å². The molecule has 0 aromatic heterocycles. The molecule has 7 unspecified atom stereocenters. The first kappa shape index (κ1) is 32.1. The molecule has 228 valence electrons. The third-order valence-corrected chi connectivity index (χ3v) is 12.8. The molecule has 4 aliphatic carbocycles. The Balaban J connectivity index is 1.31. The fourth-order valence-electron chi connectivity index (χ4n) is 10.6. The Morgan fingerprint density at radius 3 is 2.48 bits per heavy atom. The molecule has 1 nitrogen and oxygen atoms in total. The summed E-state index contributed by atoms with van der Waals surface area (Å²) in [6.07, 6.45) is 24.8. The van der Waals surface area contributed by atoms with Crippen molar-refractivity contribution in [3.8, 4) is 0 Å². The van der Waals surface area contributed by atoms with Crippen molar-refractivity contribution in [2.24, 2.45) is 52.3 Å². The fourth-order valence-corrected chi connectivity index (χ4v) is 10.6. The molecule has 0 aromatic rings. The van der Waals surface area contributed by atoms with Gasteiger partial charge in [0.15, 0.2) is 0 Å². The predicted octanol–water partition coefficient (Wildman–Crippen LogP) is 11.3. The number of nitrogens with zero attached hydrogens (tertiary/aromatic N) is 1. The summed E-state index contributed by atoms with van der Waals surface area (Å²) in [4.78, 5) is 2.32. The van der Waals surface area contributed by atoms with Gasteiger partial charge in [-0.2, -0.15) is 0 Å². The van der Waals surface area contributed by atoms with E-state index >= 15 is 0 Å². The monoisotopic (exact) mass is 550 g/mol. The lowest BCUT2D eigenvalue weighted by Crippen LogP contribution is -2.50. The van der Waals surface area contributed by atoms with Gasteiger partial charge < -0.3 is 4.90 Å². The number of unbranched alkanes of at least 4 members (excludes halogenated alkanes) is 1. The van der Waals surface area contributed by atoms with Crippen molar-refractivity contribution in [1.82, 2.24) is 4.90 Å². The Labute approximate surface area is 250 Å². The average Bonchev–Trinajstić information content (AvgIpc) is 3.22. The number of fused-ring (bicyclic) bond motifs is 5. The second kappa shape index (κ2) is 13.7. The van der Waals surface area contributed by atoms with Crippen molar-refractivity contribution in [1.29, 1.82) is 0 Å². The summed E-state index contributed by atoms with van der Waals surface area (Å²) in [5, 5.41) is 0. The summed E-state index contributed by atoms with van der Waals surface area (Å²) >= 11 is 0. The van der Waals surface area contributed by atoms with Crippen LogP contribution in [0.1, 0.15) is 137 Å². The molecule has 3 fully saturated rings. The minimum Gasteiger partial charge on any atom is -0.309 e. The first-order valence-electron chi connectivity index (χ1n) is 17.6. The summed E-state index contributed by atoms with van der Waals surface area (Å²) < 4.78 is 0. The van der Waals surface area contributed by atoms with E-state index in [1.807, 2.05) is 5.57 Å². The van der Waals surface area contributed by atoms with Gasteiger partial charge in [-0.25, -0.2) is 0 Å². The second-order valence-electron chi connectivity index (χ2n) is 16.5. The van der Waals surface area contributed by atoms with Gasteiger partial charge >= 0.3 is 0 Å². The molecule has 0 heterocycles. The van der Waals surface area contributed by atoms with Crippen LogP contribution in [-0.4, -0.2) is 25.5 Å². The highest BCUT2D eigenvalue weighted by Gasteiger charge is 2.58. The van der Waals surface area contributed by atoms with Crippen LogP contribution in [0.5, 0.6) is 0 Å². The van der Waals surface area contributed by atoms with Crippen LogP contribution in [0.2, 0.25) is 0 Å². The van der Waals surface area contributed by atoms with Crippen molar-refractivity contribution in [3.05, 3.63) is 36.0 Å². The quantitative estimate of drug-likeness (QED) is 0.154. The van der Waals surface area contributed by atoms with E-state index in [1.54, 1.807) is 0 Å². The van der Waals surface area contributed by atoms with Gasteiger partial charge in [0.25, 0.3) is 0 Å². The standard InChI is InChI=1S/C39H67N/c1-10-31(27-40(8)9)24-29(4)23-30(5)25-32-19-21-39(7)34(26-32)15-17-35-36-18-16-33(14-12-11-13-28(2)3)38(36,6)22-20-37(35)39/h15,28,31-33,35-37H,4-5,10-14,16-27H2,1-3,6-9H3/t31?,32?,33-,35?,36?,37?,38?,39?/m0/s1. The predicted molar refractivity (Wildman–Crippen MR) is 176 cm³/mol. The van der Waals surface area contributed by atoms with Gasteiger partial charge in [-0.3, -0.25) is 0 Å². The lowest BCUT2D eigenvalue weighted by Gasteiger charge is -2.58. The van der Waals surface area contributed by atoms with Crippen molar-refractivity contribution in [2.75, 3.05) is 20.6 Å². The number of hydrogen-bond acceptors (Lipinski definition) is 1. The second-order valence-corrected chi connectivity index (χ2v) is 16.5. The fraction of sp³-hybridized carbons (Fsp3) is 0.846. The van der Waals surface area contributed by atoms with Crippen LogP contribution in [0.3, 0.4) is 0 Å². The molecular weight excluding hydrogens is 482 g/mol. The molecule has 0 bridgehead atoms. The van der Waals surface area contributed by atoms with E-state index in [0.717, 1.165) is 54.3 Å². The van der Waals surface area contributed by atoms with E-state index in [1.165, 1.54) is 108 Å². The summed E-state index contributed by atoms with van der Waals surface area (Å²) in [7, 11) is 4.38. The lowest BCUT2D eigenvalue weighted by atomic mass is 9.46. The van der Waals surface area contributed by atoms with Gasteiger partial charge in [0.05, 0.1) is 0 Å². The van der Waals surface area contributed by atoms with E-state index in [0.29, 0.717) is 10.8 Å². The molecule has 0 saturated heterocycles. The van der Waals surface area contributed by atoms with Crippen LogP contribution in [0.25, 0.3) is 0 Å². The van der Waals surface area contributed by atoms with Crippen LogP contribution < -0.4 is 0 Å². The van der Waals surface area contributed by atoms with Crippen LogP contribution in [0, 0.1) is 52.3 Å². The molecule has 4 aliphatic rings. The van der Waals surface area contributed by atoms with Crippen molar-refractivity contribution in [2.45, 2.75) is 137 Å². The molecule has 40 heavy (non-hydrogen) atoms. The third-order valence-electron chi connectivity index (χ3n) is 12.8. The Hall–Kier alpha value is -0.820. The number of allylic oxidation sites excluding steroid dienone is 4. The molecule has 3 saturated carbocycles. The maximum atomic E-state index is 4.57. The molecular formula is C39H67N. The van der Waals surface area contributed by atoms with E-state index in [9.17, 15) is 0 Å². The van der Waals surface area contributed by atoms with Crippen LogP contribution in [0.4, 0.5) is 0 Å². The minimum absolute atomic E-state index is 0.474. The first-order valence-corrected chi connectivity index (χ1v) is 17.6. The molecule has 0 aromatic carbocycles. The summed E-state index contributed by atoms with van der Waals surface area (Å²) in [6.45, 7) is 22.7. The largest absolute Gasteiger partial charge is 0.309 e. The van der Waals surface area contributed by atoms with Crippen molar-refractivity contribution in [3.63, 3.8) is 0 Å². The van der Waals surface area contributed by atoms with Crippen molar-refractivity contribution >= 4 is 0 Å². The minimum atomic E-state index is 0.474. The SMILES string of the molecule is C=C(CC(=C)CC(CC)CN(C)C)CC1CCC2(C)C(=CCC3C2CCC2(C)C3CC[C@@H]2CCCCC(C)C)C1. The first-order chi connectivity index (χ1) is 19.0. The summed E-state index contributed by atoms with van der Waals surface area (Å²) in [5.74, 6) is 6.27. The zero-order chi connectivity index (χ0) is 29.1. The Bertz CT molecular complexity index is 892. The highest BCUT2D eigenvalue weighted by molar-refractivity contribution is 5.26. The maximum Gasteiger partial charge on any atom is 0.000652 e. The normalized spacial score (nSPS) is 36.1. The molecule has 4 rings (SSSR count). The van der Waals surface area contributed by atoms with Crippen LogP contribution in [-0.2, 0) is 0 Å². The van der Waals surface area contributed by atoms with Gasteiger partial charge in [0.2, 0.25) is 0 Å². The highest BCUT2D eigenvalue weighted by atomic mass is 15.1. The number of rotatable bonds is 14. The maximum absolute atomic E-state index is 4.57. The molecule has 0 spiro atoms. The van der Waals surface area contributed by atoms with Crippen LogP contribution in [0.15, 0.2) is 36.0 Å². The Morgan fingerprint density at radius 1 is 1.00 bits per heavy atom. The van der Waals surface area contributed by atoms with Gasteiger partial charge in [-0.15, -0.1) is 0 Å². The van der Waals surface area contributed by atoms with E-state index < -0.39 is 0 Å². The van der Waals surface area contributed by atoms with Gasteiger partial charge in [-0.05, 0) is 143 Å². The molecule has 8 atom stereocenters. The topological polar surface area (TPSA) is 3.24 Å². The molecule has 0 amide bonds. The Kier molecular flexibility index (Phi) is 11.0. The van der Waals surface area contributed by atoms with E-state index in [2.05, 4.69) is 72.8 Å². The zero-order valence-corrected chi connectivity index (χ0v) is 28.0. The highest BCUT2D eigenvalue weighted by Crippen LogP contribution is 2.67. The lowest BCUT2D eigenvalue weighted by molar-refractivity contribution is -0.0455. The summed E-state index contributed by atoms with van der Waals surface area (Å²) in [5.41, 5.74) is 5.79. The average molecular weight is 550 g/mol. The number of hydrogen-bond donors (Lipinski definition) is 0. The van der Waals surface area contributed by atoms with E-state index in [4.69, 9.17) is 0 Å². The summed E-state index contributed by atoms with van der Waals surface area (Å²) in [6, 6.07) is 0. The van der Waals surface area contributed by atoms with Crippen molar-refractivity contribution < 1.29 is 0 Å². The molecule has 0 radical (unpaired) electrons. The van der Waals surface area contributed by atoms with Gasteiger partial charge in [-0.1, -0.05) is 96.3 Å². The van der Waals surface area contributed by atoms with Crippen LogP contribution >= 0.6 is 0 Å². The smallest absolute Gasteiger partial charge is 0.000652 e.